The number of ether oxygens (including phenoxy) is 1. The van der Waals surface area contributed by atoms with E-state index in [1.54, 1.807) is 18.4 Å². The van der Waals surface area contributed by atoms with Gasteiger partial charge in [0.2, 0.25) is 0 Å². The van der Waals surface area contributed by atoms with Gasteiger partial charge in [0.15, 0.2) is 0 Å². The average molecular weight is 448 g/mol. The largest absolute Gasteiger partial charge is 0.383 e. The molecule has 2 aromatic heterocycles. The molecule has 32 heavy (non-hydrogen) atoms. The molecule has 0 aliphatic heterocycles. The van der Waals surface area contributed by atoms with Crippen LogP contribution in [0.2, 0.25) is 0 Å². The summed E-state index contributed by atoms with van der Waals surface area (Å²) in [5, 5.41) is 6.35. The average Bonchev–Trinajstić information content (AvgIpc) is 3.42. The first-order valence-electron chi connectivity index (χ1n) is 10.9. The Labute approximate surface area is 193 Å². The lowest BCUT2D eigenvalue weighted by Gasteiger charge is -2.24. The zero-order valence-corrected chi connectivity index (χ0v) is 19.6. The van der Waals surface area contributed by atoms with Crippen LogP contribution in [0.1, 0.15) is 18.1 Å². The highest BCUT2D eigenvalue weighted by Crippen LogP contribution is 2.37. The van der Waals surface area contributed by atoms with Crippen LogP contribution in [-0.4, -0.2) is 35.8 Å². The van der Waals surface area contributed by atoms with Crippen LogP contribution >= 0.6 is 11.3 Å². The van der Waals surface area contributed by atoms with Crippen LogP contribution in [0.3, 0.4) is 0 Å². The van der Waals surface area contributed by atoms with Crippen LogP contribution in [0.4, 0.5) is 10.5 Å². The van der Waals surface area contributed by atoms with Crippen LogP contribution in [0, 0.1) is 6.92 Å². The molecule has 4 rings (SSSR count). The first-order chi connectivity index (χ1) is 15.6. The number of carbonyl (C=O) groups is 1. The SMILES string of the molecule is CCn1c(-c2cccs2)c(CN(CCOC)C(=O)Nc2cccc(C)c2)c2ccccc21. The molecule has 0 saturated heterocycles. The van der Waals surface area contributed by atoms with E-state index in [-0.39, 0.29) is 6.03 Å². The number of nitrogens with one attached hydrogen (secondary N) is 1. The van der Waals surface area contributed by atoms with E-state index in [2.05, 4.69) is 58.6 Å². The molecule has 1 N–H and O–H groups in total. The van der Waals surface area contributed by atoms with E-state index in [9.17, 15) is 4.79 Å². The number of carbonyl (C=O) groups excluding carboxylic acids is 1. The number of benzene rings is 2. The molecule has 0 aliphatic rings. The molecule has 5 nitrogen and oxygen atoms in total. The smallest absolute Gasteiger partial charge is 0.322 e. The molecule has 0 saturated carbocycles. The van der Waals surface area contributed by atoms with Crippen molar-refractivity contribution in [2.24, 2.45) is 0 Å². The summed E-state index contributed by atoms with van der Waals surface area (Å²) in [6.07, 6.45) is 0. The molecule has 2 heterocycles. The van der Waals surface area contributed by atoms with Crippen molar-refractivity contribution in [3.63, 3.8) is 0 Å². The van der Waals surface area contributed by atoms with Crippen molar-refractivity contribution in [3.05, 3.63) is 77.2 Å². The fourth-order valence-corrected chi connectivity index (χ4v) is 4.93. The molecule has 4 aromatic rings. The summed E-state index contributed by atoms with van der Waals surface area (Å²) in [6.45, 7) is 6.53. The summed E-state index contributed by atoms with van der Waals surface area (Å²) < 4.78 is 7.67. The highest BCUT2D eigenvalue weighted by Gasteiger charge is 2.23. The number of hydrogen-bond donors (Lipinski definition) is 1. The maximum absolute atomic E-state index is 13.3. The van der Waals surface area contributed by atoms with Gasteiger partial charge in [0, 0.05) is 42.4 Å². The van der Waals surface area contributed by atoms with Crippen LogP contribution in [-0.2, 0) is 17.8 Å². The number of aryl methyl sites for hydroxylation is 2. The van der Waals surface area contributed by atoms with E-state index in [0.29, 0.717) is 19.7 Å². The summed E-state index contributed by atoms with van der Waals surface area (Å²) in [5.41, 5.74) is 5.46. The van der Waals surface area contributed by atoms with Crippen LogP contribution in [0.5, 0.6) is 0 Å². The molecule has 0 aliphatic carbocycles. The minimum Gasteiger partial charge on any atom is -0.383 e. The Morgan fingerprint density at radius 2 is 1.97 bits per heavy atom. The van der Waals surface area contributed by atoms with Crippen molar-refractivity contribution in [2.45, 2.75) is 26.9 Å². The van der Waals surface area contributed by atoms with Gasteiger partial charge in [-0.15, -0.1) is 11.3 Å². The van der Waals surface area contributed by atoms with Crippen LogP contribution in [0.25, 0.3) is 21.5 Å². The van der Waals surface area contributed by atoms with Gasteiger partial charge in [0.1, 0.15) is 0 Å². The van der Waals surface area contributed by atoms with Crippen molar-refractivity contribution in [2.75, 3.05) is 25.6 Å². The molecule has 0 spiro atoms. The Bertz CT molecular complexity index is 1200. The minimum atomic E-state index is -0.127. The van der Waals surface area contributed by atoms with Crippen molar-refractivity contribution in [1.82, 2.24) is 9.47 Å². The van der Waals surface area contributed by atoms with Crippen molar-refractivity contribution in [3.8, 4) is 10.6 Å². The van der Waals surface area contributed by atoms with E-state index in [0.717, 1.165) is 17.8 Å². The summed E-state index contributed by atoms with van der Waals surface area (Å²) in [6, 6.07) is 20.4. The van der Waals surface area contributed by atoms with Crippen molar-refractivity contribution in [1.29, 1.82) is 0 Å². The number of hydrogen-bond acceptors (Lipinski definition) is 3. The van der Waals surface area contributed by atoms with Crippen molar-refractivity contribution < 1.29 is 9.53 Å². The van der Waals surface area contributed by atoms with Gasteiger partial charge in [0.25, 0.3) is 0 Å². The number of fused-ring (bicyclic) bond motifs is 1. The number of anilines is 1. The van der Waals surface area contributed by atoms with Gasteiger partial charge in [-0.05, 0) is 49.1 Å². The Balaban J connectivity index is 1.74. The topological polar surface area (TPSA) is 46.5 Å². The van der Waals surface area contributed by atoms with E-state index < -0.39 is 0 Å². The zero-order valence-electron chi connectivity index (χ0n) is 18.8. The number of methoxy groups -OCH3 is 1. The van der Waals surface area contributed by atoms with Gasteiger partial charge in [-0.3, -0.25) is 0 Å². The minimum absolute atomic E-state index is 0.127. The number of rotatable bonds is 8. The lowest BCUT2D eigenvalue weighted by Crippen LogP contribution is -2.37. The zero-order chi connectivity index (χ0) is 22.5. The molecule has 0 atom stereocenters. The molecule has 2 amide bonds. The molecule has 0 fully saturated rings. The van der Waals surface area contributed by atoms with E-state index in [4.69, 9.17) is 4.74 Å². The Morgan fingerprint density at radius 1 is 1.12 bits per heavy atom. The summed E-state index contributed by atoms with van der Waals surface area (Å²) in [5.74, 6) is 0. The first-order valence-corrected chi connectivity index (χ1v) is 11.8. The van der Waals surface area contributed by atoms with Gasteiger partial charge in [-0.1, -0.05) is 36.4 Å². The number of aromatic nitrogens is 1. The lowest BCUT2D eigenvalue weighted by molar-refractivity contribution is 0.153. The van der Waals surface area contributed by atoms with E-state index >= 15 is 0 Å². The van der Waals surface area contributed by atoms with Crippen molar-refractivity contribution >= 4 is 34.0 Å². The third kappa shape index (κ3) is 4.56. The van der Waals surface area contributed by atoms with Gasteiger partial charge in [-0.25, -0.2) is 4.79 Å². The molecule has 2 aromatic carbocycles. The van der Waals surface area contributed by atoms with E-state index in [1.807, 2.05) is 36.1 Å². The number of urea groups is 1. The second kappa shape index (κ2) is 10.0. The predicted molar refractivity (Wildman–Crippen MR) is 133 cm³/mol. The van der Waals surface area contributed by atoms with Gasteiger partial charge in [-0.2, -0.15) is 0 Å². The second-order valence-electron chi connectivity index (χ2n) is 7.78. The standard InChI is InChI=1S/C26H29N3O2S/c1-4-29-23-12-6-5-11-21(23)22(25(29)24-13-8-16-32-24)18-28(14-15-31-3)26(30)27-20-10-7-9-19(2)17-20/h5-13,16-17H,4,14-15,18H2,1-3H3,(H,27,30). The second-order valence-corrected chi connectivity index (χ2v) is 8.73. The third-order valence-electron chi connectivity index (χ3n) is 5.62. The first kappa shape index (κ1) is 22.1. The predicted octanol–water partition coefficient (Wildman–Crippen LogP) is 6.38. The normalized spacial score (nSPS) is 11.1. The molecular weight excluding hydrogens is 418 g/mol. The van der Waals surface area contributed by atoms with Gasteiger partial charge in [0.05, 0.1) is 23.7 Å². The van der Waals surface area contributed by atoms with Crippen LogP contribution < -0.4 is 5.32 Å². The molecule has 166 valence electrons. The quantitative estimate of drug-likeness (QED) is 0.341. The molecule has 6 heteroatoms. The summed E-state index contributed by atoms with van der Waals surface area (Å²) in [4.78, 5) is 16.3. The highest BCUT2D eigenvalue weighted by atomic mass is 32.1. The Kier molecular flexibility index (Phi) is 6.93. The van der Waals surface area contributed by atoms with Crippen LogP contribution in [0.15, 0.2) is 66.0 Å². The monoisotopic (exact) mass is 447 g/mol. The fraction of sp³-hybridized carbons (Fsp3) is 0.269. The number of thiophene rings is 1. The molecular formula is C26H29N3O2S. The molecule has 0 unspecified atom stereocenters. The lowest BCUT2D eigenvalue weighted by atomic mass is 10.1. The maximum atomic E-state index is 13.3. The highest BCUT2D eigenvalue weighted by molar-refractivity contribution is 7.13. The number of para-hydroxylation sites is 1. The Hall–Kier alpha value is -3.09. The van der Waals surface area contributed by atoms with E-state index in [1.165, 1.54) is 27.0 Å². The summed E-state index contributed by atoms with van der Waals surface area (Å²) in [7, 11) is 1.66. The fourth-order valence-electron chi connectivity index (χ4n) is 4.13. The summed E-state index contributed by atoms with van der Waals surface area (Å²) >= 11 is 1.73. The number of nitrogens with zero attached hydrogens (tertiary/aromatic N) is 2. The third-order valence-corrected chi connectivity index (χ3v) is 6.49. The maximum Gasteiger partial charge on any atom is 0.322 e. The Morgan fingerprint density at radius 3 is 2.69 bits per heavy atom. The van der Waals surface area contributed by atoms with Gasteiger partial charge >= 0.3 is 6.03 Å². The molecule has 0 bridgehead atoms. The molecule has 0 radical (unpaired) electrons. The number of amides is 2. The van der Waals surface area contributed by atoms with Gasteiger partial charge < -0.3 is 19.5 Å².